The van der Waals surface area contributed by atoms with Crippen LogP contribution < -0.4 is 34.6 Å². The van der Waals surface area contributed by atoms with Crippen molar-refractivity contribution in [2.24, 2.45) is 5.92 Å². The van der Waals surface area contributed by atoms with Crippen LogP contribution in [0.1, 0.15) is 18.4 Å². The van der Waals surface area contributed by atoms with Crippen LogP contribution in [-0.2, 0) is 16.1 Å². The van der Waals surface area contributed by atoms with Crippen molar-refractivity contribution in [2.75, 3.05) is 75.8 Å². The molecule has 2 aromatic carbocycles. The minimum atomic E-state index is -0.113. The molecule has 41 heavy (non-hydrogen) atoms. The number of methoxy groups -OCH3 is 3. The average molecular weight is 563 g/mol. The highest BCUT2D eigenvalue weighted by atomic mass is 16.5. The third-order valence-electron chi connectivity index (χ3n) is 7.46. The third kappa shape index (κ3) is 6.91. The van der Waals surface area contributed by atoms with E-state index in [-0.39, 0.29) is 11.8 Å². The van der Waals surface area contributed by atoms with Crippen LogP contribution in [0.25, 0.3) is 0 Å². The van der Waals surface area contributed by atoms with Gasteiger partial charge in [0.2, 0.25) is 17.6 Å². The lowest BCUT2D eigenvalue weighted by molar-refractivity contribution is -0.125. The molecule has 0 spiro atoms. The number of ether oxygens (including phenoxy) is 4. The number of amides is 1. The van der Waals surface area contributed by atoms with Crippen LogP contribution in [0.15, 0.2) is 48.7 Å². The molecule has 1 amide bonds. The van der Waals surface area contributed by atoms with E-state index in [2.05, 4.69) is 49.7 Å². The predicted molar refractivity (Wildman–Crippen MR) is 158 cm³/mol. The molecule has 0 aliphatic carbocycles. The first-order chi connectivity index (χ1) is 20.1. The fourth-order valence-electron chi connectivity index (χ4n) is 5.25. The highest BCUT2D eigenvalue weighted by Gasteiger charge is 2.27. The molecule has 218 valence electrons. The summed E-state index contributed by atoms with van der Waals surface area (Å²) in [6.45, 7) is 5.27. The first-order valence-corrected chi connectivity index (χ1v) is 13.9. The van der Waals surface area contributed by atoms with E-state index in [1.54, 1.807) is 39.7 Å². The smallest absolute Gasteiger partial charge is 0.229 e. The number of benzene rings is 2. The van der Waals surface area contributed by atoms with Gasteiger partial charge in [-0.25, -0.2) is 4.98 Å². The van der Waals surface area contributed by atoms with Gasteiger partial charge in [0.25, 0.3) is 0 Å². The highest BCUT2D eigenvalue weighted by molar-refractivity contribution is 5.79. The summed E-state index contributed by atoms with van der Waals surface area (Å²) in [5, 5.41) is 6.36. The minimum Gasteiger partial charge on any atom is -0.493 e. The van der Waals surface area contributed by atoms with Gasteiger partial charge in [0.05, 0.1) is 40.5 Å². The van der Waals surface area contributed by atoms with Gasteiger partial charge in [0.15, 0.2) is 11.5 Å². The summed E-state index contributed by atoms with van der Waals surface area (Å²) in [5.41, 5.74) is 2.97. The lowest BCUT2D eigenvalue weighted by atomic mass is 9.97. The lowest BCUT2D eigenvalue weighted by Crippen LogP contribution is -2.43. The van der Waals surface area contributed by atoms with Gasteiger partial charge in [0.1, 0.15) is 5.82 Å². The number of anilines is 4. The third-order valence-corrected chi connectivity index (χ3v) is 7.46. The largest absolute Gasteiger partial charge is 0.493 e. The van der Waals surface area contributed by atoms with Crippen LogP contribution in [-0.4, -0.2) is 76.6 Å². The Morgan fingerprint density at radius 3 is 2.39 bits per heavy atom. The van der Waals surface area contributed by atoms with Gasteiger partial charge < -0.3 is 39.4 Å². The normalized spacial score (nSPS) is 17.1. The first-order valence-electron chi connectivity index (χ1n) is 13.9. The molecule has 3 heterocycles. The number of nitrogens with one attached hydrogen (secondary N) is 2. The number of nitrogens with zero attached hydrogens (tertiary/aromatic N) is 4. The molecular weight excluding hydrogens is 524 g/mol. The summed E-state index contributed by atoms with van der Waals surface area (Å²) >= 11 is 0. The van der Waals surface area contributed by atoms with E-state index in [0.29, 0.717) is 42.0 Å². The molecule has 3 aromatic rings. The molecule has 1 aromatic heterocycles. The van der Waals surface area contributed by atoms with E-state index in [1.807, 2.05) is 6.07 Å². The van der Waals surface area contributed by atoms with Crippen molar-refractivity contribution in [1.29, 1.82) is 0 Å². The highest BCUT2D eigenvalue weighted by Crippen LogP contribution is 2.40. The maximum atomic E-state index is 13.1. The predicted octanol–water partition coefficient (Wildman–Crippen LogP) is 3.62. The van der Waals surface area contributed by atoms with Gasteiger partial charge in [0, 0.05) is 62.4 Å². The van der Waals surface area contributed by atoms with Gasteiger partial charge in [-0.15, -0.1) is 0 Å². The molecule has 0 bridgehead atoms. The quantitative estimate of drug-likeness (QED) is 0.380. The Kier molecular flexibility index (Phi) is 9.25. The number of morpholine rings is 1. The van der Waals surface area contributed by atoms with Crippen molar-refractivity contribution in [1.82, 2.24) is 15.3 Å². The molecule has 2 aliphatic heterocycles. The molecule has 1 atom stereocenters. The molecule has 0 unspecified atom stereocenters. The molecule has 5 rings (SSSR count). The Labute approximate surface area is 240 Å². The number of rotatable bonds is 10. The standard InChI is InChI=1S/C30H38N6O5/c1-38-25-17-23(18-26(39-2)28(25)40-3)33-30-31-11-10-27(34-30)36-12-4-5-22(20-36)29(37)32-19-21-6-8-24(9-7-21)35-13-15-41-16-14-35/h6-11,17-18,22H,4-5,12-16,19-20H2,1-3H3,(H,32,37)(H,31,33,34)/t22-/m0/s1. The molecule has 11 nitrogen and oxygen atoms in total. The Hall–Kier alpha value is -4.25. The first kappa shape index (κ1) is 28.3. The Balaban J connectivity index is 1.18. The number of hydrogen-bond donors (Lipinski definition) is 2. The molecule has 2 fully saturated rings. The monoisotopic (exact) mass is 562 g/mol. The lowest BCUT2D eigenvalue weighted by Gasteiger charge is -2.33. The fraction of sp³-hybridized carbons (Fsp3) is 0.433. The Bertz CT molecular complexity index is 1290. The minimum absolute atomic E-state index is 0.0665. The van der Waals surface area contributed by atoms with Gasteiger partial charge in [-0.1, -0.05) is 12.1 Å². The second-order valence-electron chi connectivity index (χ2n) is 10.0. The van der Waals surface area contributed by atoms with Gasteiger partial charge >= 0.3 is 0 Å². The topological polar surface area (TPSA) is 110 Å². The van der Waals surface area contributed by atoms with Crippen molar-refractivity contribution >= 4 is 29.0 Å². The van der Waals surface area contributed by atoms with Crippen LogP contribution in [0.5, 0.6) is 17.2 Å². The second kappa shape index (κ2) is 13.4. The molecule has 2 saturated heterocycles. The van der Waals surface area contributed by atoms with E-state index in [4.69, 9.17) is 23.9 Å². The Morgan fingerprint density at radius 2 is 1.71 bits per heavy atom. The zero-order valence-electron chi connectivity index (χ0n) is 23.9. The number of hydrogen-bond acceptors (Lipinski definition) is 10. The molecule has 0 radical (unpaired) electrons. The van der Waals surface area contributed by atoms with E-state index < -0.39 is 0 Å². The number of piperidine rings is 1. The van der Waals surface area contributed by atoms with Crippen molar-refractivity contribution in [3.8, 4) is 17.2 Å². The van der Waals surface area contributed by atoms with E-state index in [0.717, 1.165) is 57.1 Å². The fourth-order valence-corrected chi connectivity index (χ4v) is 5.25. The average Bonchev–Trinajstić information content (AvgIpc) is 3.04. The van der Waals surface area contributed by atoms with Crippen LogP contribution >= 0.6 is 0 Å². The zero-order valence-corrected chi connectivity index (χ0v) is 23.9. The van der Waals surface area contributed by atoms with Crippen molar-refractivity contribution in [2.45, 2.75) is 19.4 Å². The summed E-state index contributed by atoms with van der Waals surface area (Å²) in [6, 6.07) is 13.9. The number of aromatic nitrogens is 2. The molecule has 0 saturated carbocycles. The van der Waals surface area contributed by atoms with Crippen molar-refractivity contribution in [3.05, 3.63) is 54.2 Å². The van der Waals surface area contributed by atoms with Crippen LogP contribution in [0.4, 0.5) is 23.1 Å². The second-order valence-corrected chi connectivity index (χ2v) is 10.0. The molecule has 11 heteroatoms. The van der Waals surface area contributed by atoms with Crippen LogP contribution in [0.3, 0.4) is 0 Å². The summed E-state index contributed by atoms with van der Waals surface area (Å²) in [4.78, 5) is 26.7. The van der Waals surface area contributed by atoms with Crippen LogP contribution in [0.2, 0.25) is 0 Å². The maximum absolute atomic E-state index is 13.1. The van der Waals surface area contributed by atoms with E-state index in [1.165, 1.54) is 5.69 Å². The summed E-state index contributed by atoms with van der Waals surface area (Å²) in [5.74, 6) is 2.73. The summed E-state index contributed by atoms with van der Waals surface area (Å²) in [7, 11) is 4.71. The summed E-state index contributed by atoms with van der Waals surface area (Å²) < 4.78 is 21.7. The molecule has 2 N–H and O–H groups in total. The molecular formula is C30H38N6O5. The van der Waals surface area contributed by atoms with E-state index >= 15 is 0 Å². The van der Waals surface area contributed by atoms with E-state index in [9.17, 15) is 4.79 Å². The van der Waals surface area contributed by atoms with Gasteiger partial charge in [-0.2, -0.15) is 4.98 Å². The van der Waals surface area contributed by atoms with Gasteiger partial charge in [-0.3, -0.25) is 4.79 Å². The number of carbonyl (C=O) groups is 1. The van der Waals surface area contributed by atoms with Crippen molar-refractivity contribution < 1.29 is 23.7 Å². The van der Waals surface area contributed by atoms with Gasteiger partial charge in [-0.05, 0) is 36.6 Å². The molecule has 2 aliphatic rings. The maximum Gasteiger partial charge on any atom is 0.229 e. The zero-order chi connectivity index (χ0) is 28.6. The van der Waals surface area contributed by atoms with Crippen molar-refractivity contribution in [3.63, 3.8) is 0 Å². The van der Waals surface area contributed by atoms with Crippen LogP contribution in [0, 0.1) is 5.92 Å². The SMILES string of the molecule is COc1cc(Nc2nccc(N3CCC[C@H](C(=O)NCc4ccc(N5CCOCC5)cc4)C3)n2)cc(OC)c1OC. The summed E-state index contributed by atoms with van der Waals surface area (Å²) in [6.07, 6.45) is 3.47. The number of carbonyl (C=O) groups excluding carboxylic acids is 1. The Morgan fingerprint density at radius 1 is 0.976 bits per heavy atom.